The number of aliphatic hydroxyl groups is 1. The number of benzene rings is 2. The highest BCUT2D eigenvalue weighted by molar-refractivity contribution is 7.89. The average molecular weight is 541 g/mol. The van der Waals surface area contributed by atoms with Crippen molar-refractivity contribution < 1.29 is 23.4 Å². The van der Waals surface area contributed by atoms with E-state index < -0.39 is 16.3 Å². The standard InChI is InChI=1S/C30H40N2O5S/c1-30-15-14-24-23-11-7-21(33)17-20(23)6-10-25(24)26(30)12-13-28(30)37-29(34)27-3-2-16-32(27)18-19-4-8-22(9-5-19)38(31,35)36/h4-5,7-9,11,17,24-29,33-34H,2-3,6,10,12-16,18H2,1H3,(H2,31,35,36)/t24?,25?,26?,27-,28-,29?,30-/m0/s1. The molecule has 4 aliphatic rings. The van der Waals surface area contributed by atoms with Gasteiger partial charge in [-0.1, -0.05) is 25.1 Å². The van der Waals surface area contributed by atoms with Crippen molar-refractivity contribution in [3.8, 4) is 5.75 Å². The second-order valence-electron chi connectivity index (χ2n) is 12.3. The van der Waals surface area contributed by atoms with Gasteiger partial charge in [0.15, 0.2) is 6.29 Å². The molecule has 1 aliphatic heterocycles. The Labute approximate surface area is 226 Å². The van der Waals surface area contributed by atoms with Gasteiger partial charge in [0.1, 0.15) is 5.75 Å². The smallest absolute Gasteiger partial charge is 0.238 e. The third-order valence-electron chi connectivity index (χ3n) is 10.3. The summed E-state index contributed by atoms with van der Waals surface area (Å²) in [6, 6.07) is 12.6. The number of hydrogen-bond donors (Lipinski definition) is 3. The molecular formula is C30H40N2O5S. The number of ether oxygens (including phenoxy) is 1. The number of rotatable bonds is 6. The normalized spacial score (nSPS) is 33.9. The second-order valence-corrected chi connectivity index (χ2v) is 13.9. The summed E-state index contributed by atoms with van der Waals surface area (Å²) >= 11 is 0. The number of hydrogen-bond acceptors (Lipinski definition) is 6. The molecule has 0 bridgehead atoms. The Bertz CT molecular complexity index is 1280. The van der Waals surface area contributed by atoms with Crippen molar-refractivity contribution in [3.63, 3.8) is 0 Å². The number of likely N-dealkylation sites (tertiary alicyclic amines) is 1. The first-order valence-corrected chi connectivity index (χ1v) is 15.7. The van der Waals surface area contributed by atoms with Crippen molar-refractivity contribution in [3.05, 3.63) is 59.2 Å². The summed E-state index contributed by atoms with van der Waals surface area (Å²) in [5.74, 6) is 2.16. The molecule has 4 unspecified atom stereocenters. The minimum absolute atomic E-state index is 0.0566. The molecule has 4 N–H and O–H groups in total. The summed E-state index contributed by atoms with van der Waals surface area (Å²) in [5.41, 5.74) is 3.82. The lowest BCUT2D eigenvalue weighted by Gasteiger charge is -2.51. The number of phenols is 1. The van der Waals surface area contributed by atoms with E-state index in [0.29, 0.717) is 30.0 Å². The molecule has 7 atom stereocenters. The predicted molar refractivity (Wildman–Crippen MR) is 145 cm³/mol. The summed E-state index contributed by atoms with van der Waals surface area (Å²) in [4.78, 5) is 2.37. The van der Waals surface area contributed by atoms with Crippen molar-refractivity contribution >= 4 is 10.0 Å². The van der Waals surface area contributed by atoms with Crippen LogP contribution in [0, 0.1) is 17.3 Å². The van der Waals surface area contributed by atoms with Crippen LogP contribution in [0.3, 0.4) is 0 Å². The van der Waals surface area contributed by atoms with Crippen LogP contribution in [0.1, 0.15) is 74.5 Å². The maximum atomic E-state index is 11.6. The highest BCUT2D eigenvalue weighted by atomic mass is 32.2. The number of primary sulfonamides is 1. The van der Waals surface area contributed by atoms with Crippen LogP contribution in [-0.4, -0.2) is 48.5 Å². The summed E-state index contributed by atoms with van der Waals surface area (Å²) in [6.45, 7) is 3.91. The third kappa shape index (κ3) is 4.68. The first kappa shape index (κ1) is 26.3. The molecule has 38 heavy (non-hydrogen) atoms. The quantitative estimate of drug-likeness (QED) is 0.472. The molecule has 0 radical (unpaired) electrons. The molecule has 3 fully saturated rings. The van der Waals surface area contributed by atoms with Crippen molar-refractivity contribution in [1.82, 2.24) is 4.90 Å². The Morgan fingerprint density at radius 2 is 1.89 bits per heavy atom. The summed E-state index contributed by atoms with van der Waals surface area (Å²) in [5, 5.41) is 26.5. The third-order valence-corrected chi connectivity index (χ3v) is 11.2. The van der Waals surface area contributed by atoms with Crippen LogP contribution in [0.4, 0.5) is 0 Å². The Kier molecular flexibility index (Phi) is 6.84. The molecule has 2 aromatic carbocycles. The van der Waals surface area contributed by atoms with Gasteiger partial charge in [-0.15, -0.1) is 0 Å². The Morgan fingerprint density at radius 3 is 2.66 bits per heavy atom. The molecule has 206 valence electrons. The Hall–Kier alpha value is -1.97. The molecule has 2 aromatic rings. The van der Waals surface area contributed by atoms with Gasteiger partial charge >= 0.3 is 0 Å². The zero-order valence-electron chi connectivity index (χ0n) is 22.1. The number of sulfonamides is 1. The first-order chi connectivity index (χ1) is 18.1. The zero-order chi connectivity index (χ0) is 26.7. The van der Waals surface area contributed by atoms with Crippen molar-refractivity contribution in [1.29, 1.82) is 0 Å². The van der Waals surface area contributed by atoms with Gasteiger partial charge in [-0.3, -0.25) is 4.90 Å². The van der Waals surface area contributed by atoms with E-state index in [4.69, 9.17) is 9.88 Å². The predicted octanol–water partition coefficient (Wildman–Crippen LogP) is 4.26. The SMILES string of the molecule is C[C@]12CCC3c4ccc(O)cc4CCC3C1CC[C@@H]2OC(O)[C@@H]1CCCN1Cc1ccc(S(N)(=O)=O)cc1. The number of aromatic hydroxyl groups is 1. The van der Waals surface area contributed by atoms with E-state index in [0.717, 1.165) is 63.5 Å². The lowest BCUT2D eigenvalue weighted by Crippen LogP contribution is -2.48. The van der Waals surface area contributed by atoms with Crippen LogP contribution in [0.15, 0.2) is 47.4 Å². The van der Waals surface area contributed by atoms with Gasteiger partial charge in [0.2, 0.25) is 10.0 Å². The van der Waals surface area contributed by atoms with E-state index in [-0.39, 0.29) is 22.5 Å². The highest BCUT2D eigenvalue weighted by Crippen LogP contribution is 2.61. The summed E-state index contributed by atoms with van der Waals surface area (Å²) in [6.07, 6.45) is 7.67. The van der Waals surface area contributed by atoms with E-state index in [9.17, 15) is 18.6 Å². The maximum absolute atomic E-state index is 11.6. The maximum Gasteiger partial charge on any atom is 0.238 e. The van der Waals surface area contributed by atoms with Gasteiger partial charge < -0.3 is 14.9 Å². The Balaban J connectivity index is 1.12. The first-order valence-electron chi connectivity index (χ1n) is 14.1. The molecule has 8 heteroatoms. The highest BCUT2D eigenvalue weighted by Gasteiger charge is 2.56. The molecule has 0 aromatic heterocycles. The lowest BCUT2D eigenvalue weighted by atomic mass is 9.55. The largest absolute Gasteiger partial charge is 0.508 e. The molecule has 3 aliphatic carbocycles. The number of nitrogens with zero attached hydrogens (tertiary/aromatic N) is 1. The molecule has 2 saturated carbocycles. The molecule has 0 amide bonds. The molecule has 1 saturated heterocycles. The van der Waals surface area contributed by atoms with Gasteiger partial charge in [-0.25, -0.2) is 13.6 Å². The fourth-order valence-electron chi connectivity index (χ4n) is 8.39. The van der Waals surface area contributed by atoms with Crippen LogP contribution in [-0.2, 0) is 27.7 Å². The molecule has 0 spiro atoms. The molecular weight excluding hydrogens is 500 g/mol. The monoisotopic (exact) mass is 540 g/mol. The topological polar surface area (TPSA) is 113 Å². The molecule has 1 heterocycles. The minimum Gasteiger partial charge on any atom is -0.508 e. The van der Waals surface area contributed by atoms with Crippen molar-refractivity contribution in [2.24, 2.45) is 22.4 Å². The van der Waals surface area contributed by atoms with Crippen LogP contribution in [0.2, 0.25) is 0 Å². The van der Waals surface area contributed by atoms with E-state index in [1.807, 2.05) is 12.1 Å². The van der Waals surface area contributed by atoms with E-state index in [2.05, 4.69) is 17.9 Å². The number of nitrogens with two attached hydrogens (primary N) is 1. The van der Waals surface area contributed by atoms with Crippen LogP contribution in [0.25, 0.3) is 0 Å². The number of aliphatic hydroxyl groups excluding tert-OH is 1. The van der Waals surface area contributed by atoms with Crippen LogP contribution >= 0.6 is 0 Å². The van der Waals surface area contributed by atoms with Crippen molar-refractivity contribution in [2.45, 2.75) is 94.1 Å². The van der Waals surface area contributed by atoms with Crippen LogP contribution < -0.4 is 5.14 Å². The minimum atomic E-state index is -3.71. The zero-order valence-corrected chi connectivity index (χ0v) is 22.9. The molecule has 7 nitrogen and oxygen atoms in total. The Morgan fingerprint density at radius 1 is 1.11 bits per heavy atom. The molecule has 6 rings (SSSR count). The van der Waals surface area contributed by atoms with Gasteiger partial charge in [0.25, 0.3) is 0 Å². The number of aryl methyl sites for hydroxylation is 1. The van der Waals surface area contributed by atoms with Gasteiger partial charge in [-0.05, 0) is 122 Å². The van der Waals surface area contributed by atoms with Crippen LogP contribution in [0.5, 0.6) is 5.75 Å². The van der Waals surface area contributed by atoms with Gasteiger partial charge in [0.05, 0.1) is 17.0 Å². The number of fused-ring (bicyclic) bond motifs is 5. The van der Waals surface area contributed by atoms with Crippen molar-refractivity contribution in [2.75, 3.05) is 6.54 Å². The average Bonchev–Trinajstić information content (AvgIpc) is 3.47. The van der Waals surface area contributed by atoms with E-state index >= 15 is 0 Å². The lowest BCUT2D eigenvalue weighted by molar-refractivity contribution is -0.197. The fraction of sp³-hybridized carbons (Fsp3) is 0.600. The van der Waals surface area contributed by atoms with E-state index in [1.54, 1.807) is 24.3 Å². The summed E-state index contributed by atoms with van der Waals surface area (Å²) in [7, 11) is -3.71. The fourth-order valence-corrected chi connectivity index (χ4v) is 8.91. The summed E-state index contributed by atoms with van der Waals surface area (Å²) < 4.78 is 29.7. The van der Waals surface area contributed by atoms with Gasteiger partial charge in [-0.2, -0.15) is 0 Å². The second kappa shape index (κ2) is 9.89. The van der Waals surface area contributed by atoms with E-state index in [1.165, 1.54) is 11.1 Å². The number of phenolic OH excluding ortho intramolecular Hbond substituents is 1. The van der Waals surface area contributed by atoms with Gasteiger partial charge in [0, 0.05) is 6.54 Å².